The summed E-state index contributed by atoms with van der Waals surface area (Å²) < 4.78 is 21.8. The van der Waals surface area contributed by atoms with Crippen LogP contribution >= 0.6 is 11.8 Å². The molecule has 0 saturated heterocycles. The van der Waals surface area contributed by atoms with Crippen molar-refractivity contribution in [1.29, 1.82) is 0 Å². The maximum absolute atomic E-state index is 13.9. The fourth-order valence-electron chi connectivity index (χ4n) is 5.27. The number of esters is 1. The minimum absolute atomic E-state index is 0.0192. The number of allylic oxidation sites excluding steroid dienone is 3. The lowest BCUT2D eigenvalue weighted by atomic mass is 9.71. The van der Waals surface area contributed by atoms with Gasteiger partial charge < -0.3 is 29.4 Å². The molecule has 0 fully saturated rings. The molecule has 1 aliphatic heterocycles. The van der Waals surface area contributed by atoms with E-state index in [2.05, 4.69) is 12.2 Å². The van der Waals surface area contributed by atoms with E-state index in [1.165, 1.54) is 13.2 Å². The number of benzene rings is 2. The largest absolute Gasteiger partial charge is 0.504 e. The summed E-state index contributed by atoms with van der Waals surface area (Å²) in [5.41, 5.74) is 3.99. The van der Waals surface area contributed by atoms with Crippen LogP contribution in [0, 0.1) is 0 Å². The van der Waals surface area contributed by atoms with Crippen LogP contribution in [0.15, 0.2) is 58.9 Å². The SMILES string of the molecule is CCSCCOC(=O)C1=C(C)NC2=C(C(=O)C[C@H](c3ccc(OC)c(OC)c3)C2)[C@@H]1c1ccc(O)c(OC)c1. The molecular formula is C30H35NO7S. The topological polar surface area (TPSA) is 103 Å². The molecule has 0 unspecified atom stereocenters. The molecule has 208 valence electrons. The number of Topliss-reactive ketones (excluding diaryl/α,β-unsaturated/α-hetero) is 1. The Morgan fingerprint density at radius 2 is 1.69 bits per heavy atom. The highest BCUT2D eigenvalue weighted by molar-refractivity contribution is 7.99. The molecule has 1 aliphatic carbocycles. The highest BCUT2D eigenvalue weighted by Gasteiger charge is 2.41. The maximum Gasteiger partial charge on any atom is 0.336 e. The van der Waals surface area contributed by atoms with Gasteiger partial charge in [-0.15, -0.1) is 0 Å². The number of carbonyl (C=O) groups is 2. The van der Waals surface area contributed by atoms with Crippen LogP contribution in [0.4, 0.5) is 0 Å². The zero-order valence-electron chi connectivity index (χ0n) is 23.0. The van der Waals surface area contributed by atoms with Gasteiger partial charge in [0.15, 0.2) is 28.8 Å². The Balaban J connectivity index is 1.74. The number of nitrogens with one attached hydrogen (secondary N) is 1. The van der Waals surface area contributed by atoms with Gasteiger partial charge in [-0.2, -0.15) is 11.8 Å². The minimum atomic E-state index is -0.652. The van der Waals surface area contributed by atoms with Crippen molar-refractivity contribution in [2.75, 3.05) is 39.4 Å². The number of hydrogen-bond donors (Lipinski definition) is 2. The first-order valence-corrected chi connectivity index (χ1v) is 14.1. The van der Waals surface area contributed by atoms with E-state index in [0.29, 0.717) is 46.1 Å². The first-order valence-electron chi connectivity index (χ1n) is 12.9. The molecule has 0 saturated carbocycles. The summed E-state index contributed by atoms with van der Waals surface area (Å²) in [6, 6.07) is 10.6. The normalized spacial score (nSPS) is 18.8. The number of ether oxygens (including phenoxy) is 4. The summed E-state index contributed by atoms with van der Waals surface area (Å²) in [7, 11) is 4.64. The summed E-state index contributed by atoms with van der Waals surface area (Å²) in [4.78, 5) is 27.3. The van der Waals surface area contributed by atoms with Gasteiger partial charge in [0.25, 0.3) is 0 Å². The number of phenols is 1. The van der Waals surface area contributed by atoms with Gasteiger partial charge >= 0.3 is 5.97 Å². The van der Waals surface area contributed by atoms with Gasteiger partial charge in [-0.05, 0) is 60.4 Å². The second-order valence-electron chi connectivity index (χ2n) is 9.40. The monoisotopic (exact) mass is 553 g/mol. The Bertz CT molecular complexity index is 1320. The Morgan fingerprint density at radius 1 is 1.00 bits per heavy atom. The van der Waals surface area contributed by atoms with Crippen LogP contribution in [0.2, 0.25) is 0 Å². The van der Waals surface area contributed by atoms with Crippen LogP contribution in [0.1, 0.15) is 49.7 Å². The molecule has 0 radical (unpaired) electrons. The van der Waals surface area contributed by atoms with Crippen LogP contribution in [0.5, 0.6) is 23.0 Å². The molecule has 0 spiro atoms. The predicted molar refractivity (Wildman–Crippen MR) is 151 cm³/mol. The van der Waals surface area contributed by atoms with Crippen LogP contribution in [-0.4, -0.2) is 56.3 Å². The number of ketones is 1. The third-order valence-electron chi connectivity index (χ3n) is 7.13. The van der Waals surface area contributed by atoms with E-state index in [4.69, 9.17) is 18.9 Å². The fourth-order valence-corrected chi connectivity index (χ4v) is 5.76. The molecule has 8 nitrogen and oxygen atoms in total. The van der Waals surface area contributed by atoms with Crippen molar-refractivity contribution in [3.05, 3.63) is 70.1 Å². The molecule has 2 N–H and O–H groups in total. The molecule has 2 atom stereocenters. The van der Waals surface area contributed by atoms with E-state index in [0.717, 1.165) is 17.0 Å². The van der Waals surface area contributed by atoms with E-state index in [1.807, 2.05) is 25.1 Å². The van der Waals surface area contributed by atoms with Gasteiger partial charge in [0, 0.05) is 35.1 Å². The molecule has 39 heavy (non-hydrogen) atoms. The molecule has 0 bridgehead atoms. The smallest absolute Gasteiger partial charge is 0.336 e. The van der Waals surface area contributed by atoms with E-state index >= 15 is 0 Å². The van der Waals surface area contributed by atoms with Crippen molar-refractivity contribution in [2.24, 2.45) is 0 Å². The number of thioether (sulfide) groups is 1. The van der Waals surface area contributed by atoms with Crippen LogP contribution in [0.25, 0.3) is 0 Å². The van der Waals surface area contributed by atoms with Gasteiger partial charge in [-0.1, -0.05) is 19.1 Å². The molecular weight excluding hydrogens is 518 g/mol. The lowest BCUT2D eigenvalue weighted by Gasteiger charge is -2.37. The molecule has 4 rings (SSSR count). The lowest BCUT2D eigenvalue weighted by Crippen LogP contribution is -2.36. The second-order valence-corrected chi connectivity index (χ2v) is 10.8. The molecule has 2 aromatic rings. The number of methoxy groups -OCH3 is 3. The molecule has 1 heterocycles. The Labute approximate surface area is 233 Å². The van der Waals surface area contributed by atoms with Crippen molar-refractivity contribution in [2.45, 2.75) is 38.5 Å². The maximum atomic E-state index is 13.9. The summed E-state index contributed by atoms with van der Waals surface area (Å²) in [5.74, 6) is 1.86. The van der Waals surface area contributed by atoms with Gasteiger partial charge in [0.2, 0.25) is 0 Å². The van der Waals surface area contributed by atoms with Crippen molar-refractivity contribution in [1.82, 2.24) is 5.32 Å². The Hall–Kier alpha value is -3.59. The highest BCUT2D eigenvalue weighted by atomic mass is 32.2. The van der Waals surface area contributed by atoms with Crippen LogP contribution in [-0.2, 0) is 14.3 Å². The molecule has 0 amide bonds. The van der Waals surface area contributed by atoms with Crippen molar-refractivity contribution >= 4 is 23.5 Å². The second kappa shape index (κ2) is 12.5. The van der Waals surface area contributed by atoms with E-state index in [-0.39, 0.29) is 36.2 Å². The number of carbonyl (C=O) groups excluding carboxylic acids is 2. The minimum Gasteiger partial charge on any atom is -0.504 e. The fraction of sp³-hybridized carbons (Fsp3) is 0.400. The number of dihydropyridines is 1. The third-order valence-corrected chi connectivity index (χ3v) is 7.99. The molecule has 2 aromatic carbocycles. The summed E-state index contributed by atoms with van der Waals surface area (Å²) in [6.45, 7) is 4.16. The highest BCUT2D eigenvalue weighted by Crippen LogP contribution is 2.47. The van der Waals surface area contributed by atoms with Crippen molar-refractivity contribution in [3.63, 3.8) is 0 Å². The summed E-state index contributed by atoms with van der Waals surface area (Å²) in [5, 5.41) is 13.6. The Kier molecular flexibility index (Phi) is 9.12. The average molecular weight is 554 g/mol. The predicted octanol–water partition coefficient (Wildman–Crippen LogP) is 5.08. The van der Waals surface area contributed by atoms with Crippen molar-refractivity contribution < 1.29 is 33.6 Å². The van der Waals surface area contributed by atoms with Crippen LogP contribution < -0.4 is 19.5 Å². The first kappa shape index (κ1) is 28.4. The average Bonchev–Trinajstić information content (AvgIpc) is 2.94. The van der Waals surface area contributed by atoms with Crippen molar-refractivity contribution in [3.8, 4) is 23.0 Å². The standard InChI is InChI=1S/C30H35NO7S/c1-6-39-12-11-38-30(34)27-17(2)31-21-13-20(18-8-10-24(35-3)26(15-18)37-5)14-23(33)29(21)28(27)19-7-9-22(32)25(16-19)36-4/h7-10,15-16,20,28,31-32H,6,11-14H2,1-5H3/t20-,28-/m1/s1. The zero-order valence-corrected chi connectivity index (χ0v) is 23.8. The van der Waals surface area contributed by atoms with Gasteiger partial charge in [-0.25, -0.2) is 4.79 Å². The number of hydrogen-bond acceptors (Lipinski definition) is 9. The van der Waals surface area contributed by atoms with Gasteiger partial charge in [0.1, 0.15) is 6.61 Å². The van der Waals surface area contributed by atoms with E-state index in [1.54, 1.807) is 38.1 Å². The Morgan fingerprint density at radius 3 is 2.38 bits per heavy atom. The van der Waals surface area contributed by atoms with Crippen LogP contribution in [0.3, 0.4) is 0 Å². The van der Waals surface area contributed by atoms with Gasteiger partial charge in [0.05, 0.1) is 26.9 Å². The number of phenolic OH excluding ortho intramolecular Hbond substituents is 1. The molecule has 2 aliphatic rings. The third kappa shape index (κ3) is 5.88. The van der Waals surface area contributed by atoms with Gasteiger partial charge in [-0.3, -0.25) is 4.79 Å². The summed E-state index contributed by atoms with van der Waals surface area (Å²) >= 11 is 1.69. The summed E-state index contributed by atoms with van der Waals surface area (Å²) in [6.07, 6.45) is 0.852. The van der Waals surface area contributed by atoms with E-state index in [9.17, 15) is 14.7 Å². The molecule has 0 aromatic heterocycles. The molecule has 9 heteroatoms. The zero-order chi connectivity index (χ0) is 28.1. The first-order chi connectivity index (χ1) is 18.8. The number of aromatic hydroxyl groups is 1. The number of rotatable bonds is 10. The quantitative estimate of drug-likeness (QED) is 0.308. The van der Waals surface area contributed by atoms with E-state index < -0.39 is 11.9 Å². The lowest BCUT2D eigenvalue weighted by molar-refractivity contribution is -0.138.